The highest BCUT2D eigenvalue weighted by atomic mass is 31.2. The van der Waals surface area contributed by atoms with E-state index in [-0.39, 0.29) is 11.1 Å². The van der Waals surface area contributed by atoms with Crippen LogP contribution in [0.1, 0.15) is 40.5 Å². The van der Waals surface area contributed by atoms with Crippen molar-refractivity contribution in [1.82, 2.24) is 5.06 Å². The summed E-state index contributed by atoms with van der Waals surface area (Å²) in [7, 11) is -2.78. The van der Waals surface area contributed by atoms with Gasteiger partial charge in [-0.2, -0.15) is 5.06 Å². The zero-order chi connectivity index (χ0) is 14.2. The SMILES string of the molecule is CON1C(C)(C)CC(OP(=O)(O)N=O)CC1(C)C. The van der Waals surface area contributed by atoms with E-state index in [1.165, 1.54) is 0 Å². The lowest BCUT2D eigenvalue weighted by Crippen LogP contribution is -2.61. The normalized spacial score (nSPS) is 27.7. The van der Waals surface area contributed by atoms with Gasteiger partial charge in [0.15, 0.2) is 0 Å². The molecule has 7 nitrogen and oxygen atoms in total. The largest absolute Gasteiger partial charge is 0.487 e. The zero-order valence-corrected chi connectivity index (χ0v) is 12.3. The molecule has 1 saturated heterocycles. The number of hydroxylamine groups is 2. The van der Waals surface area contributed by atoms with Crippen molar-refractivity contribution >= 4 is 7.75 Å². The van der Waals surface area contributed by atoms with Crippen LogP contribution in [0.5, 0.6) is 0 Å². The van der Waals surface area contributed by atoms with Gasteiger partial charge in [0.2, 0.25) is 0 Å². The maximum absolute atomic E-state index is 11.2. The standard InChI is InChI=1S/C10H21N2O5P/c1-9(2)6-8(17-18(14,15)11-13)7-10(3,4)12(9)16-5/h8H,6-7H2,1-5H3,(H,14,15). The van der Waals surface area contributed by atoms with Gasteiger partial charge in [-0.05, 0) is 40.5 Å². The van der Waals surface area contributed by atoms with Crippen LogP contribution in [-0.2, 0) is 13.9 Å². The summed E-state index contributed by atoms with van der Waals surface area (Å²) >= 11 is 0. The fraction of sp³-hybridized carbons (Fsp3) is 1.00. The van der Waals surface area contributed by atoms with Crippen molar-refractivity contribution in [1.29, 1.82) is 0 Å². The lowest BCUT2D eigenvalue weighted by molar-refractivity contribution is -0.275. The van der Waals surface area contributed by atoms with Gasteiger partial charge in [0, 0.05) is 16.0 Å². The van der Waals surface area contributed by atoms with Gasteiger partial charge in [0.05, 0.1) is 13.2 Å². The topological polar surface area (TPSA) is 88.4 Å². The Morgan fingerprint density at radius 2 is 1.72 bits per heavy atom. The fourth-order valence-electron chi connectivity index (χ4n) is 2.95. The van der Waals surface area contributed by atoms with Crippen LogP contribution < -0.4 is 0 Å². The number of hydrogen-bond donors (Lipinski definition) is 1. The predicted molar refractivity (Wildman–Crippen MR) is 66.7 cm³/mol. The Morgan fingerprint density at radius 3 is 2.06 bits per heavy atom. The lowest BCUT2D eigenvalue weighted by atomic mass is 9.80. The first-order valence-corrected chi connectivity index (χ1v) is 7.28. The summed E-state index contributed by atoms with van der Waals surface area (Å²) in [5.41, 5.74) is -0.742. The van der Waals surface area contributed by atoms with Crippen molar-refractivity contribution in [3.8, 4) is 0 Å². The Kier molecular flexibility index (Phi) is 4.35. The van der Waals surface area contributed by atoms with Gasteiger partial charge in [0.1, 0.15) is 0 Å². The average molecular weight is 280 g/mol. The average Bonchev–Trinajstić information content (AvgIpc) is 2.13. The van der Waals surface area contributed by atoms with E-state index in [9.17, 15) is 9.47 Å². The van der Waals surface area contributed by atoms with Crippen molar-refractivity contribution in [2.75, 3.05) is 7.11 Å². The third-order valence-electron chi connectivity index (χ3n) is 3.13. The minimum absolute atomic E-state index is 0.371. The molecule has 1 fully saturated rings. The number of hydrogen-bond acceptors (Lipinski definition) is 5. The molecule has 0 radical (unpaired) electrons. The number of nitrogens with zero attached hydrogens (tertiary/aromatic N) is 2. The molecule has 1 unspecified atom stereocenters. The van der Waals surface area contributed by atoms with Crippen LogP contribution in [0.25, 0.3) is 0 Å². The minimum atomic E-state index is -4.37. The first kappa shape index (κ1) is 15.7. The number of piperidine rings is 1. The van der Waals surface area contributed by atoms with Crippen LogP contribution in [0.15, 0.2) is 4.95 Å². The van der Waals surface area contributed by atoms with Gasteiger partial charge in [-0.15, -0.1) is 4.91 Å². The van der Waals surface area contributed by atoms with Gasteiger partial charge in [0.25, 0.3) is 0 Å². The Bertz CT molecular complexity index is 353. The second-order valence-corrected chi connectivity index (χ2v) is 7.16. The molecule has 1 aliphatic heterocycles. The molecule has 8 heteroatoms. The molecule has 0 aromatic rings. The lowest BCUT2D eigenvalue weighted by Gasteiger charge is -2.52. The molecule has 0 saturated carbocycles. The zero-order valence-electron chi connectivity index (χ0n) is 11.4. The van der Waals surface area contributed by atoms with E-state index in [0.717, 1.165) is 0 Å². The maximum atomic E-state index is 11.2. The third kappa shape index (κ3) is 3.36. The molecule has 0 aliphatic carbocycles. The summed E-state index contributed by atoms with van der Waals surface area (Å²) < 4.78 is 16.2. The van der Waals surface area contributed by atoms with E-state index in [4.69, 9.17) is 14.3 Å². The van der Waals surface area contributed by atoms with Gasteiger partial charge in [-0.1, -0.05) is 0 Å². The Hall–Kier alpha value is -0.330. The summed E-state index contributed by atoms with van der Waals surface area (Å²) in [6.07, 6.45) is 0.448. The monoisotopic (exact) mass is 280 g/mol. The molecule has 18 heavy (non-hydrogen) atoms. The first-order valence-electron chi connectivity index (χ1n) is 5.75. The predicted octanol–water partition coefficient (Wildman–Crippen LogP) is 2.45. The second kappa shape index (κ2) is 4.98. The van der Waals surface area contributed by atoms with Gasteiger partial charge >= 0.3 is 7.75 Å². The Balaban J connectivity index is 2.90. The van der Waals surface area contributed by atoms with Crippen molar-refractivity contribution < 1.29 is 18.8 Å². The molecular formula is C10H21N2O5P. The highest BCUT2D eigenvalue weighted by Crippen LogP contribution is 2.49. The van der Waals surface area contributed by atoms with Gasteiger partial charge < -0.3 is 9.73 Å². The van der Waals surface area contributed by atoms with Crippen LogP contribution in [0.3, 0.4) is 0 Å². The van der Waals surface area contributed by atoms with Crippen molar-refractivity contribution in [3.05, 3.63) is 4.91 Å². The van der Waals surface area contributed by atoms with Crippen LogP contribution in [0, 0.1) is 4.91 Å². The minimum Gasteiger partial charge on any atom is -0.305 e. The highest BCUT2D eigenvalue weighted by Gasteiger charge is 2.48. The smallest absolute Gasteiger partial charge is 0.305 e. The molecule has 1 atom stereocenters. The van der Waals surface area contributed by atoms with Gasteiger partial charge in [-0.25, -0.2) is 4.57 Å². The maximum Gasteiger partial charge on any atom is 0.487 e. The van der Waals surface area contributed by atoms with Crippen LogP contribution in [-0.4, -0.2) is 34.2 Å². The van der Waals surface area contributed by atoms with E-state index in [0.29, 0.717) is 12.8 Å². The first-order chi connectivity index (χ1) is 8.04. The van der Waals surface area contributed by atoms with Crippen molar-refractivity contribution in [2.24, 2.45) is 4.95 Å². The van der Waals surface area contributed by atoms with E-state index in [1.54, 1.807) is 7.11 Å². The third-order valence-corrected chi connectivity index (χ3v) is 3.91. The summed E-state index contributed by atoms with van der Waals surface area (Å²) in [5.74, 6) is 0. The molecule has 106 valence electrons. The van der Waals surface area contributed by atoms with Crippen molar-refractivity contribution in [3.63, 3.8) is 0 Å². The molecule has 0 bridgehead atoms. The van der Waals surface area contributed by atoms with E-state index in [2.05, 4.69) is 4.95 Å². The summed E-state index contributed by atoms with van der Waals surface area (Å²) in [4.78, 5) is 26.9. The van der Waals surface area contributed by atoms with Crippen LogP contribution in [0.4, 0.5) is 0 Å². The molecule has 1 heterocycles. The molecular weight excluding hydrogens is 259 g/mol. The highest BCUT2D eigenvalue weighted by molar-refractivity contribution is 7.51. The molecule has 0 aromatic carbocycles. The molecule has 1 N–H and O–H groups in total. The van der Waals surface area contributed by atoms with Crippen LogP contribution in [0.2, 0.25) is 0 Å². The molecule has 0 amide bonds. The van der Waals surface area contributed by atoms with E-state index < -0.39 is 13.9 Å². The van der Waals surface area contributed by atoms with Crippen LogP contribution >= 0.6 is 7.75 Å². The second-order valence-electron chi connectivity index (χ2n) is 5.81. The fourth-order valence-corrected chi connectivity index (χ4v) is 3.53. The molecule has 1 rings (SSSR count). The molecule has 1 aliphatic rings. The number of nitroso groups, excluding NO2 is 1. The van der Waals surface area contributed by atoms with E-state index >= 15 is 0 Å². The van der Waals surface area contributed by atoms with E-state index in [1.807, 2.05) is 32.8 Å². The molecule has 0 aromatic heterocycles. The molecule has 0 spiro atoms. The number of rotatable bonds is 4. The quantitative estimate of drug-likeness (QED) is 0.628. The van der Waals surface area contributed by atoms with Gasteiger partial charge in [-0.3, -0.25) is 4.52 Å². The summed E-state index contributed by atoms with van der Waals surface area (Å²) in [5, 5.41) is 1.84. The summed E-state index contributed by atoms with van der Waals surface area (Å²) in [6, 6.07) is 0. The van der Waals surface area contributed by atoms with Crippen molar-refractivity contribution in [2.45, 2.75) is 57.7 Å². The Morgan fingerprint density at radius 1 is 1.28 bits per heavy atom. The summed E-state index contributed by atoms with van der Waals surface area (Å²) in [6.45, 7) is 7.80. The Labute approximate surface area is 107 Å².